The number of nitrogens with zero attached hydrogens (tertiary/aromatic N) is 2. The number of hydrogen-bond donors (Lipinski definition) is 3. The summed E-state index contributed by atoms with van der Waals surface area (Å²) in [4.78, 5) is 21.8. The standard InChI is InChI=1S/C27H31FN4O2/c1-17(15-29)14-19-4-2-5-22(28)26(19)23-6-3-7-24(31-23)27(34)32-25-16-30-13-12-21(25)18-8-10-20(33)11-9-18/h2-7,12-13,16-18,20,33H,8-11,14-15,29H2,1H3,(H,32,34). The van der Waals surface area contributed by atoms with Gasteiger partial charge in [0.2, 0.25) is 0 Å². The number of anilines is 1. The molecule has 1 amide bonds. The van der Waals surface area contributed by atoms with Crippen LogP contribution in [0.1, 0.15) is 60.1 Å². The third kappa shape index (κ3) is 5.48. The van der Waals surface area contributed by atoms with Crippen LogP contribution in [0.25, 0.3) is 11.3 Å². The number of nitrogens with two attached hydrogens (primary N) is 1. The van der Waals surface area contributed by atoms with E-state index < -0.39 is 0 Å². The number of aliphatic hydroxyl groups excluding tert-OH is 1. The van der Waals surface area contributed by atoms with Crippen LogP contribution in [0.4, 0.5) is 10.1 Å². The molecular formula is C27H31FN4O2. The lowest BCUT2D eigenvalue weighted by Crippen LogP contribution is -2.20. The zero-order valence-corrected chi connectivity index (χ0v) is 19.4. The molecule has 1 aliphatic carbocycles. The lowest BCUT2D eigenvalue weighted by Gasteiger charge is -2.27. The van der Waals surface area contributed by atoms with Crippen molar-refractivity contribution < 1.29 is 14.3 Å². The van der Waals surface area contributed by atoms with Crippen molar-refractivity contribution in [1.29, 1.82) is 0 Å². The Morgan fingerprint density at radius 1 is 1.18 bits per heavy atom. The highest BCUT2D eigenvalue weighted by Crippen LogP contribution is 2.36. The fraction of sp³-hybridized carbons (Fsp3) is 0.370. The van der Waals surface area contributed by atoms with E-state index in [1.165, 1.54) is 6.07 Å². The van der Waals surface area contributed by atoms with Crippen LogP contribution < -0.4 is 11.1 Å². The quantitative estimate of drug-likeness (QED) is 0.473. The predicted octanol–water partition coefficient (Wildman–Crippen LogP) is 4.69. The molecule has 1 fully saturated rings. The molecule has 0 bridgehead atoms. The zero-order valence-electron chi connectivity index (χ0n) is 19.4. The molecule has 34 heavy (non-hydrogen) atoms. The van der Waals surface area contributed by atoms with Crippen molar-refractivity contribution in [1.82, 2.24) is 9.97 Å². The number of benzene rings is 1. The van der Waals surface area contributed by atoms with Gasteiger partial charge in [0.25, 0.3) is 5.91 Å². The van der Waals surface area contributed by atoms with E-state index in [1.54, 1.807) is 36.7 Å². The van der Waals surface area contributed by atoms with Gasteiger partial charge in [0.15, 0.2) is 0 Å². The number of rotatable bonds is 7. The highest BCUT2D eigenvalue weighted by molar-refractivity contribution is 6.03. The van der Waals surface area contributed by atoms with Crippen molar-refractivity contribution in [3.8, 4) is 11.3 Å². The number of carbonyl (C=O) groups is 1. The highest BCUT2D eigenvalue weighted by atomic mass is 19.1. The lowest BCUT2D eigenvalue weighted by atomic mass is 9.82. The van der Waals surface area contributed by atoms with Crippen LogP contribution in [0.2, 0.25) is 0 Å². The average Bonchev–Trinajstić information content (AvgIpc) is 2.85. The van der Waals surface area contributed by atoms with Crippen molar-refractivity contribution in [3.63, 3.8) is 0 Å². The summed E-state index contributed by atoms with van der Waals surface area (Å²) in [6, 6.07) is 11.9. The number of aliphatic hydroxyl groups is 1. The average molecular weight is 463 g/mol. The molecule has 1 atom stereocenters. The largest absolute Gasteiger partial charge is 0.393 e. The summed E-state index contributed by atoms with van der Waals surface area (Å²) in [6.07, 6.45) is 6.95. The van der Waals surface area contributed by atoms with E-state index in [2.05, 4.69) is 15.3 Å². The lowest BCUT2D eigenvalue weighted by molar-refractivity contribution is 0.102. The van der Waals surface area contributed by atoms with Crippen molar-refractivity contribution >= 4 is 11.6 Å². The van der Waals surface area contributed by atoms with E-state index >= 15 is 0 Å². The Kier molecular flexibility index (Phi) is 7.65. The Labute approximate surface area is 199 Å². The molecule has 1 aromatic carbocycles. The second-order valence-electron chi connectivity index (χ2n) is 9.15. The van der Waals surface area contributed by atoms with Gasteiger partial charge in [0, 0.05) is 11.8 Å². The Bertz CT molecular complexity index is 1140. The first-order valence-corrected chi connectivity index (χ1v) is 11.8. The van der Waals surface area contributed by atoms with Gasteiger partial charge >= 0.3 is 0 Å². The molecule has 0 aliphatic heterocycles. The molecule has 1 saturated carbocycles. The molecule has 4 rings (SSSR count). The summed E-state index contributed by atoms with van der Waals surface area (Å²) < 4.78 is 14.9. The molecule has 6 nitrogen and oxygen atoms in total. The maximum Gasteiger partial charge on any atom is 0.274 e. The molecule has 7 heteroatoms. The maximum absolute atomic E-state index is 14.9. The van der Waals surface area contributed by atoms with Gasteiger partial charge in [-0.25, -0.2) is 9.37 Å². The molecule has 2 aromatic heterocycles. The molecule has 3 aromatic rings. The van der Waals surface area contributed by atoms with Crippen LogP contribution in [0.15, 0.2) is 54.9 Å². The Morgan fingerprint density at radius 2 is 1.94 bits per heavy atom. The first kappa shape index (κ1) is 24.0. The van der Waals surface area contributed by atoms with Gasteiger partial charge in [-0.3, -0.25) is 9.78 Å². The minimum atomic E-state index is -0.375. The van der Waals surface area contributed by atoms with Crippen molar-refractivity contribution in [3.05, 3.63) is 77.5 Å². The van der Waals surface area contributed by atoms with Gasteiger partial charge in [-0.2, -0.15) is 0 Å². The summed E-state index contributed by atoms with van der Waals surface area (Å²) in [6.45, 7) is 2.52. The minimum absolute atomic E-state index is 0.192. The van der Waals surface area contributed by atoms with Gasteiger partial charge in [0.05, 0.1) is 23.7 Å². The molecule has 1 unspecified atom stereocenters. The van der Waals surface area contributed by atoms with E-state index in [9.17, 15) is 14.3 Å². The minimum Gasteiger partial charge on any atom is -0.393 e. The van der Waals surface area contributed by atoms with Gasteiger partial charge in [0.1, 0.15) is 11.5 Å². The van der Waals surface area contributed by atoms with E-state index in [0.717, 1.165) is 36.8 Å². The molecular weight excluding hydrogens is 431 g/mol. The number of amides is 1. The second-order valence-corrected chi connectivity index (χ2v) is 9.15. The number of nitrogens with one attached hydrogen (secondary N) is 1. The molecule has 2 heterocycles. The van der Waals surface area contributed by atoms with Gasteiger partial charge in [-0.05, 0) is 85.9 Å². The summed E-state index contributed by atoms with van der Waals surface area (Å²) in [5.41, 5.74) is 9.27. The predicted molar refractivity (Wildman–Crippen MR) is 131 cm³/mol. The van der Waals surface area contributed by atoms with Crippen molar-refractivity contribution in [2.75, 3.05) is 11.9 Å². The first-order valence-electron chi connectivity index (χ1n) is 11.8. The molecule has 1 aliphatic rings. The van der Waals surface area contributed by atoms with Gasteiger partial charge < -0.3 is 16.2 Å². The van der Waals surface area contributed by atoms with Crippen LogP contribution >= 0.6 is 0 Å². The molecule has 0 saturated heterocycles. The Morgan fingerprint density at radius 3 is 2.71 bits per heavy atom. The van der Waals surface area contributed by atoms with Gasteiger partial charge in [-0.1, -0.05) is 25.1 Å². The summed E-state index contributed by atoms with van der Waals surface area (Å²) in [5.74, 6) is -0.301. The third-order valence-electron chi connectivity index (χ3n) is 6.55. The number of pyridine rings is 2. The Balaban J connectivity index is 1.59. The molecule has 178 valence electrons. The smallest absolute Gasteiger partial charge is 0.274 e. The fourth-order valence-corrected chi connectivity index (χ4v) is 4.62. The fourth-order valence-electron chi connectivity index (χ4n) is 4.62. The van der Waals surface area contributed by atoms with E-state index in [0.29, 0.717) is 29.9 Å². The van der Waals surface area contributed by atoms with Crippen molar-refractivity contribution in [2.45, 2.75) is 51.0 Å². The van der Waals surface area contributed by atoms with Crippen LogP contribution in [-0.2, 0) is 6.42 Å². The molecule has 4 N–H and O–H groups in total. The number of hydrogen-bond acceptors (Lipinski definition) is 5. The number of halogens is 1. The zero-order chi connectivity index (χ0) is 24.1. The van der Waals surface area contributed by atoms with Gasteiger partial charge in [-0.15, -0.1) is 0 Å². The molecule has 0 radical (unpaired) electrons. The van der Waals surface area contributed by atoms with E-state index in [1.807, 2.05) is 19.1 Å². The highest BCUT2D eigenvalue weighted by Gasteiger charge is 2.24. The van der Waals surface area contributed by atoms with Crippen molar-refractivity contribution in [2.24, 2.45) is 11.7 Å². The summed E-state index contributed by atoms with van der Waals surface area (Å²) >= 11 is 0. The SMILES string of the molecule is CC(CN)Cc1cccc(F)c1-c1cccc(C(=O)Nc2cnccc2C2CCC(O)CC2)n1. The van der Waals surface area contributed by atoms with Crippen LogP contribution in [0, 0.1) is 11.7 Å². The molecule has 0 spiro atoms. The number of carbonyl (C=O) groups excluding carboxylic acids is 1. The van der Waals surface area contributed by atoms with E-state index in [-0.39, 0.29) is 35.4 Å². The second kappa shape index (κ2) is 10.8. The number of aromatic nitrogens is 2. The topological polar surface area (TPSA) is 101 Å². The van der Waals surface area contributed by atoms with Crippen LogP contribution in [0.3, 0.4) is 0 Å². The Hall–Kier alpha value is -3.16. The van der Waals surface area contributed by atoms with Crippen LogP contribution in [-0.4, -0.2) is 33.6 Å². The third-order valence-corrected chi connectivity index (χ3v) is 6.55. The summed E-state index contributed by atoms with van der Waals surface area (Å²) in [7, 11) is 0. The normalized spacial score (nSPS) is 18.9. The maximum atomic E-state index is 14.9. The first-order chi connectivity index (χ1) is 16.5. The van der Waals surface area contributed by atoms with Crippen LogP contribution in [0.5, 0.6) is 0 Å². The summed E-state index contributed by atoms with van der Waals surface area (Å²) in [5, 5.41) is 12.8. The van der Waals surface area contributed by atoms with E-state index in [4.69, 9.17) is 5.73 Å². The monoisotopic (exact) mass is 462 g/mol.